The molecule has 8 heteroatoms. The van der Waals surface area contributed by atoms with Gasteiger partial charge in [-0.2, -0.15) is 0 Å². The molecule has 2 amide bonds. The second-order valence-corrected chi connectivity index (χ2v) is 8.57. The summed E-state index contributed by atoms with van der Waals surface area (Å²) in [6.07, 6.45) is 5.47. The van der Waals surface area contributed by atoms with Crippen molar-refractivity contribution in [3.8, 4) is 0 Å². The third kappa shape index (κ3) is 5.01. The van der Waals surface area contributed by atoms with Gasteiger partial charge >= 0.3 is 0 Å². The van der Waals surface area contributed by atoms with E-state index < -0.39 is 0 Å². The molecule has 34 heavy (non-hydrogen) atoms. The number of para-hydroxylation sites is 1. The summed E-state index contributed by atoms with van der Waals surface area (Å²) in [5.41, 5.74) is 2.19. The van der Waals surface area contributed by atoms with Crippen LogP contribution in [0.3, 0.4) is 0 Å². The molecule has 5 rings (SSSR count). The predicted octanol–water partition coefficient (Wildman–Crippen LogP) is 3.90. The van der Waals surface area contributed by atoms with Crippen LogP contribution in [0.4, 0.5) is 5.69 Å². The van der Waals surface area contributed by atoms with E-state index in [4.69, 9.17) is 4.42 Å². The van der Waals surface area contributed by atoms with Crippen LogP contribution in [0.15, 0.2) is 59.0 Å². The van der Waals surface area contributed by atoms with Crippen LogP contribution in [0.2, 0.25) is 0 Å². The van der Waals surface area contributed by atoms with E-state index in [0.29, 0.717) is 24.2 Å². The van der Waals surface area contributed by atoms with Crippen molar-refractivity contribution in [2.75, 3.05) is 11.9 Å². The van der Waals surface area contributed by atoms with E-state index in [9.17, 15) is 9.59 Å². The predicted molar refractivity (Wildman–Crippen MR) is 129 cm³/mol. The molecule has 0 bridgehead atoms. The second-order valence-electron chi connectivity index (χ2n) is 8.57. The molecule has 8 nitrogen and oxygen atoms in total. The Morgan fingerprint density at radius 1 is 1.00 bits per heavy atom. The first-order valence-electron chi connectivity index (χ1n) is 11.7. The van der Waals surface area contributed by atoms with Crippen molar-refractivity contribution >= 4 is 28.5 Å². The number of rotatable bonds is 7. The summed E-state index contributed by atoms with van der Waals surface area (Å²) in [6.45, 7) is 1.49. The monoisotopic (exact) mass is 457 g/mol. The molecule has 2 N–H and O–H groups in total. The highest BCUT2D eigenvalue weighted by atomic mass is 16.3. The van der Waals surface area contributed by atoms with Crippen LogP contribution in [0.25, 0.3) is 11.0 Å². The van der Waals surface area contributed by atoms with E-state index in [1.54, 1.807) is 18.2 Å². The Bertz CT molecular complexity index is 1270. The number of nitrogens with zero attached hydrogens (tertiary/aromatic N) is 3. The van der Waals surface area contributed by atoms with Gasteiger partial charge in [-0.05, 0) is 42.7 Å². The quantitative estimate of drug-likeness (QED) is 0.438. The van der Waals surface area contributed by atoms with Crippen LogP contribution in [-0.4, -0.2) is 33.1 Å². The number of furan rings is 1. The van der Waals surface area contributed by atoms with Gasteiger partial charge < -0.3 is 19.6 Å². The highest BCUT2D eigenvalue weighted by Crippen LogP contribution is 2.20. The molecular formula is C26H27N5O3. The summed E-state index contributed by atoms with van der Waals surface area (Å²) in [7, 11) is 0. The summed E-state index contributed by atoms with van der Waals surface area (Å²) in [6, 6.07) is 16.5. The molecule has 0 saturated carbocycles. The smallest absolute Gasteiger partial charge is 0.291 e. The first-order chi connectivity index (χ1) is 16.7. The SMILES string of the molecule is O=C(Cc1ccc(NC(=O)c2cc3ccccc3o2)cc1)NCCc1nnc2n1CCCCC2. The summed E-state index contributed by atoms with van der Waals surface area (Å²) in [5, 5.41) is 15.3. The molecule has 0 atom stereocenters. The van der Waals surface area contributed by atoms with E-state index in [-0.39, 0.29) is 24.0 Å². The fourth-order valence-corrected chi connectivity index (χ4v) is 4.28. The van der Waals surface area contributed by atoms with Gasteiger partial charge in [0.05, 0.1) is 6.42 Å². The van der Waals surface area contributed by atoms with Crippen molar-refractivity contribution in [3.63, 3.8) is 0 Å². The first-order valence-corrected chi connectivity index (χ1v) is 11.7. The Kier molecular flexibility index (Phi) is 6.38. The van der Waals surface area contributed by atoms with Crippen molar-refractivity contribution in [1.29, 1.82) is 0 Å². The second kappa shape index (κ2) is 9.91. The van der Waals surface area contributed by atoms with Gasteiger partial charge in [0.25, 0.3) is 5.91 Å². The van der Waals surface area contributed by atoms with Crippen LogP contribution in [-0.2, 0) is 30.6 Å². The molecule has 4 aromatic rings. The number of aromatic nitrogens is 3. The Morgan fingerprint density at radius 3 is 2.71 bits per heavy atom. The minimum atomic E-state index is -0.312. The lowest BCUT2D eigenvalue weighted by Crippen LogP contribution is -2.28. The minimum Gasteiger partial charge on any atom is -0.451 e. The van der Waals surface area contributed by atoms with Gasteiger partial charge in [0.2, 0.25) is 5.91 Å². The maximum Gasteiger partial charge on any atom is 0.291 e. The molecule has 3 heterocycles. The van der Waals surface area contributed by atoms with Crippen molar-refractivity contribution < 1.29 is 14.0 Å². The summed E-state index contributed by atoms with van der Waals surface area (Å²) in [4.78, 5) is 24.9. The number of benzene rings is 2. The number of hydrogen-bond acceptors (Lipinski definition) is 5. The third-order valence-electron chi connectivity index (χ3n) is 6.08. The lowest BCUT2D eigenvalue weighted by atomic mass is 10.1. The van der Waals surface area contributed by atoms with Gasteiger partial charge in [-0.25, -0.2) is 0 Å². The molecule has 2 aromatic carbocycles. The molecule has 1 aliphatic heterocycles. The van der Waals surface area contributed by atoms with E-state index in [0.717, 1.165) is 48.4 Å². The Labute approximate surface area is 197 Å². The Hall–Kier alpha value is -3.94. The molecular weight excluding hydrogens is 430 g/mol. The van der Waals surface area contributed by atoms with Crippen LogP contribution in [0, 0.1) is 0 Å². The molecule has 0 aliphatic carbocycles. The summed E-state index contributed by atoms with van der Waals surface area (Å²) in [5.74, 6) is 1.91. The number of aryl methyl sites for hydroxylation is 1. The Balaban J connectivity index is 1.10. The largest absolute Gasteiger partial charge is 0.451 e. The first kappa shape index (κ1) is 21.9. The van der Waals surface area contributed by atoms with E-state index in [2.05, 4.69) is 25.4 Å². The molecule has 2 aromatic heterocycles. The van der Waals surface area contributed by atoms with Crippen molar-refractivity contribution in [2.24, 2.45) is 0 Å². The lowest BCUT2D eigenvalue weighted by molar-refractivity contribution is -0.120. The van der Waals surface area contributed by atoms with Crippen LogP contribution < -0.4 is 10.6 Å². The number of carbonyl (C=O) groups is 2. The topological polar surface area (TPSA) is 102 Å². The van der Waals surface area contributed by atoms with Crippen molar-refractivity contribution in [2.45, 2.75) is 45.1 Å². The van der Waals surface area contributed by atoms with Gasteiger partial charge in [0.15, 0.2) is 5.76 Å². The summed E-state index contributed by atoms with van der Waals surface area (Å²) < 4.78 is 7.81. The van der Waals surface area contributed by atoms with E-state index in [1.807, 2.05) is 36.4 Å². The maximum atomic E-state index is 12.5. The third-order valence-corrected chi connectivity index (χ3v) is 6.08. The molecule has 174 valence electrons. The Morgan fingerprint density at radius 2 is 1.85 bits per heavy atom. The number of amides is 2. The van der Waals surface area contributed by atoms with Gasteiger partial charge in [0, 0.05) is 37.0 Å². The number of hydrogen-bond donors (Lipinski definition) is 2. The van der Waals surface area contributed by atoms with E-state index in [1.165, 1.54) is 6.42 Å². The zero-order valence-electron chi connectivity index (χ0n) is 18.9. The highest BCUT2D eigenvalue weighted by Gasteiger charge is 2.15. The lowest BCUT2D eigenvalue weighted by Gasteiger charge is -2.08. The number of fused-ring (bicyclic) bond motifs is 2. The normalized spacial score (nSPS) is 13.3. The molecule has 0 unspecified atom stereocenters. The maximum absolute atomic E-state index is 12.5. The molecule has 0 fully saturated rings. The van der Waals surface area contributed by atoms with Crippen LogP contribution in [0.1, 0.15) is 47.0 Å². The zero-order valence-corrected chi connectivity index (χ0v) is 18.9. The van der Waals surface area contributed by atoms with Gasteiger partial charge in [-0.3, -0.25) is 9.59 Å². The number of nitrogens with one attached hydrogen (secondary N) is 2. The minimum absolute atomic E-state index is 0.0466. The molecule has 0 radical (unpaired) electrons. The zero-order chi connectivity index (χ0) is 23.3. The average Bonchev–Trinajstić information content (AvgIpc) is 3.37. The van der Waals surface area contributed by atoms with Crippen LogP contribution in [0.5, 0.6) is 0 Å². The van der Waals surface area contributed by atoms with Crippen LogP contribution >= 0.6 is 0 Å². The van der Waals surface area contributed by atoms with Gasteiger partial charge in [-0.1, -0.05) is 36.8 Å². The van der Waals surface area contributed by atoms with Gasteiger partial charge in [-0.15, -0.1) is 10.2 Å². The molecule has 1 aliphatic rings. The van der Waals surface area contributed by atoms with E-state index >= 15 is 0 Å². The molecule has 0 spiro atoms. The molecule has 0 saturated heterocycles. The number of carbonyl (C=O) groups excluding carboxylic acids is 2. The standard InChI is InChI=1S/C26H27N5O3/c32-25(27-14-13-24-30-29-23-8-2-1-5-15-31(23)24)16-18-9-11-20(12-10-18)28-26(33)22-17-19-6-3-4-7-21(19)34-22/h3-4,6-7,9-12,17H,1-2,5,8,13-16H2,(H,27,32)(H,28,33). The van der Waals surface area contributed by atoms with Crippen molar-refractivity contribution in [3.05, 3.63) is 77.6 Å². The number of anilines is 1. The summed E-state index contributed by atoms with van der Waals surface area (Å²) >= 11 is 0. The average molecular weight is 458 g/mol. The highest BCUT2D eigenvalue weighted by molar-refractivity contribution is 6.04. The van der Waals surface area contributed by atoms with Gasteiger partial charge in [0.1, 0.15) is 17.2 Å². The fraction of sp³-hybridized carbons (Fsp3) is 0.308. The fourth-order valence-electron chi connectivity index (χ4n) is 4.28. The van der Waals surface area contributed by atoms with Crippen molar-refractivity contribution in [1.82, 2.24) is 20.1 Å².